The van der Waals surface area contributed by atoms with Gasteiger partial charge in [-0.3, -0.25) is 9.78 Å². The lowest BCUT2D eigenvalue weighted by Crippen LogP contribution is -2.12. The highest BCUT2D eigenvalue weighted by molar-refractivity contribution is 6.33. The van der Waals surface area contributed by atoms with Crippen molar-refractivity contribution >= 4 is 45.0 Å². The molecule has 0 aliphatic carbocycles. The summed E-state index contributed by atoms with van der Waals surface area (Å²) in [7, 11) is 0. The van der Waals surface area contributed by atoms with Crippen molar-refractivity contribution in [2.24, 2.45) is 0 Å². The first-order chi connectivity index (χ1) is 12.7. The van der Waals surface area contributed by atoms with E-state index in [1.165, 1.54) is 13.0 Å². The number of H-pyrrole nitrogens is 1. The van der Waals surface area contributed by atoms with Gasteiger partial charge in [-0.15, -0.1) is 0 Å². The van der Waals surface area contributed by atoms with Crippen LogP contribution in [0.5, 0.6) is 0 Å². The molecule has 0 atom stereocenters. The minimum absolute atomic E-state index is 0.126. The van der Waals surface area contributed by atoms with E-state index in [0.717, 1.165) is 16.3 Å². The van der Waals surface area contributed by atoms with Gasteiger partial charge in [0.15, 0.2) is 0 Å². The van der Waals surface area contributed by atoms with Gasteiger partial charge in [-0.1, -0.05) is 11.6 Å². The quantitative estimate of drug-likeness (QED) is 0.469. The third-order valence-electron chi connectivity index (χ3n) is 4.16. The minimum Gasteiger partial charge on any atom is -0.456 e. The molecule has 3 aromatic heterocycles. The summed E-state index contributed by atoms with van der Waals surface area (Å²) in [5, 5.41) is 4.59. The Morgan fingerprint density at radius 3 is 2.74 bits per heavy atom. The Kier molecular flexibility index (Phi) is 3.88. The maximum absolute atomic E-state index is 12.8. The predicted molar refractivity (Wildman–Crippen MR) is 95.0 cm³/mol. The third-order valence-corrected chi connectivity index (χ3v) is 4.38. The molecule has 0 spiro atoms. The number of aryl methyl sites for hydroxylation is 1. The number of rotatable bonds is 2. The Morgan fingerprint density at radius 2 is 2.04 bits per heavy atom. The molecule has 0 saturated carbocycles. The van der Waals surface area contributed by atoms with Crippen LogP contribution in [0.2, 0.25) is 5.02 Å². The number of fused-ring (bicyclic) bond motifs is 3. The summed E-state index contributed by atoms with van der Waals surface area (Å²) in [6.45, 7) is 1.30. The fraction of sp³-hybridized carbons (Fsp3) is 0.111. The fourth-order valence-corrected chi connectivity index (χ4v) is 3.17. The molecule has 0 aliphatic rings. The Balaban J connectivity index is 1.78. The van der Waals surface area contributed by atoms with Crippen molar-refractivity contribution in [3.63, 3.8) is 0 Å². The molecule has 138 valence electrons. The number of aromatic nitrogens is 2. The number of alkyl halides is 3. The number of carbonyl (C=O) groups is 1. The first-order valence-electron chi connectivity index (χ1n) is 7.78. The second-order valence-corrected chi connectivity index (χ2v) is 6.39. The zero-order chi connectivity index (χ0) is 19.3. The molecule has 5 nitrogen and oxygen atoms in total. The number of nitrogens with zero attached hydrogens (tertiary/aromatic N) is 1. The highest BCUT2D eigenvalue weighted by atomic mass is 35.5. The van der Waals surface area contributed by atoms with Crippen LogP contribution in [0, 0.1) is 6.92 Å². The lowest BCUT2D eigenvalue weighted by molar-refractivity contribution is -0.153. The summed E-state index contributed by atoms with van der Waals surface area (Å²) in [4.78, 5) is 19.7. The number of aromatic amines is 1. The van der Waals surface area contributed by atoms with Gasteiger partial charge in [0, 0.05) is 28.1 Å². The second-order valence-electron chi connectivity index (χ2n) is 5.95. The highest BCUT2D eigenvalue weighted by Gasteiger charge is 2.36. The Hall–Kier alpha value is -3.00. The van der Waals surface area contributed by atoms with Crippen molar-refractivity contribution in [2.45, 2.75) is 13.1 Å². The van der Waals surface area contributed by atoms with Crippen LogP contribution in [0.4, 0.5) is 18.9 Å². The van der Waals surface area contributed by atoms with E-state index >= 15 is 0 Å². The van der Waals surface area contributed by atoms with E-state index in [1.807, 2.05) is 0 Å². The lowest BCUT2D eigenvalue weighted by Gasteiger charge is -2.07. The average Bonchev–Trinajstić information content (AvgIpc) is 3.16. The topological polar surface area (TPSA) is 70.9 Å². The molecule has 2 N–H and O–H groups in total. The molecule has 1 aromatic carbocycles. The van der Waals surface area contributed by atoms with Gasteiger partial charge in [0.05, 0.1) is 28.5 Å². The summed E-state index contributed by atoms with van der Waals surface area (Å²) in [5.41, 5.74) is 1.47. The van der Waals surface area contributed by atoms with Crippen molar-refractivity contribution in [3.05, 3.63) is 58.8 Å². The molecule has 0 radical (unpaired) electrons. The first-order valence-corrected chi connectivity index (χ1v) is 8.16. The number of amides is 1. The van der Waals surface area contributed by atoms with Crippen molar-refractivity contribution < 1.29 is 22.4 Å². The number of carbonyl (C=O) groups excluding carboxylic acids is 1. The number of hydrogen-bond donors (Lipinski definition) is 2. The number of benzene rings is 1. The Bertz CT molecular complexity index is 1190. The van der Waals surface area contributed by atoms with E-state index in [-0.39, 0.29) is 11.3 Å². The summed E-state index contributed by atoms with van der Waals surface area (Å²) in [5.74, 6) is -2.08. The maximum atomic E-state index is 12.8. The summed E-state index contributed by atoms with van der Waals surface area (Å²) in [6, 6.07) is 5.73. The smallest absolute Gasteiger partial charge is 0.449 e. The van der Waals surface area contributed by atoms with E-state index in [1.54, 1.807) is 24.5 Å². The SMILES string of the molecule is Cc1oc(C(F)(F)F)cc1C(=O)Nc1cc(Cl)cc2c1[nH]c1cnccc12. The van der Waals surface area contributed by atoms with Crippen molar-refractivity contribution in [2.75, 3.05) is 5.32 Å². The van der Waals surface area contributed by atoms with Crippen LogP contribution in [0.25, 0.3) is 21.8 Å². The molecule has 0 saturated heterocycles. The minimum atomic E-state index is -4.67. The number of hydrogen-bond acceptors (Lipinski definition) is 3. The summed E-state index contributed by atoms with van der Waals surface area (Å²) in [6.07, 6.45) is -1.41. The van der Waals surface area contributed by atoms with Gasteiger partial charge in [-0.05, 0) is 25.1 Å². The number of furan rings is 1. The van der Waals surface area contributed by atoms with Crippen LogP contribution in [0.3, 0.4) is 0 Å². The van der Waals surface area contributed by atoms with Gasteiger partial charge < -0.3 is 14.7 Å². The molecule has 0 unspecified atom stereocenters. The average molecular weight is 394 g/mol. The van der Waals surface area contributed by atoms with Crippen molar-refractivity contribution in [3.8, 4) is 0 Å². The number of anilines is 1. The zero-order valence-corrected chi connectivity index (χ0v) is 14.5. The van der Waals surface area contributed by atoms with E-state index in [4.69, 9.17) is 11.6 Å². The standard InChI is InChI=1S/C18H11ClF3N3O2/c1-8-11(6-15(27-8)18(20,21)22)17(26)25-13-5-9(19)4-12-10-2-3-23-7-14(10)24-16(12)13/h2-7,24H,1H3,(H,25,26). The van der Waals surface area contributed by atoms with Gasteiger partial charge in [0.1, 0.15) is 5.76 Å². The molecule has 1 amide bonds. The zero-order valence-electron chi connectivity index (χ0n) is 13.7. The predicted octanol–water partition coefficient (Wildman–Crippen LogP) is 5.54. The van der Waals surface area contributed by atoms with Crippen LogP contribution in [0.15, 0.2) is 41.1 Å². The van der Waals surface area contributed by atoms with Crippen LogP contribution < -0.4 is 5.32 Å². The molecule has 27 heavy (non-hydrogen) atoms. The van der Waals surface area contributed by atoms with Crippen LogP contribution in [-0.2, 0) is 6.18 Å². The molecule has 3 heterocycles. The number of pyridine rings is 1. The van der Waals surface area contributed by atoms with E-state index in [9.17, 15) is 18.0 Å². The Morgan fingerprint density at radius 1 is 1.26 bits per heavy atom. The molecular weight excluding hydrogens is 383 g/mol. The first kappa shape index (κ1) is 17.4. The lowest BCUT2D eigenvalue weighted by atomic mass is 10.1. The van der Waals surface area contributed by atoms with Crippen LogP contribution in [-0.4, -0.2) is 15.9 Å². The largest absolute Gasteiger partial charge is 0.456 e. The fourth-order valence-electron chi connectivity index (χ4n) is 2.95. The van der Waals surface area contributed by atoms with Crippen molar-refractivity contribution in [1.29, 1.82) is 0 Å². The molecule has 0 fully saturated rings. The number of nitrogens with one attached hydrogen (secondary N) is 2. The molecule has 9 heteroatoms. The van der Waals surface area contributed by atoms with E-state index < -0.39 is 17.8 Å². The van der Waals surface area contributed by atoms with Gasteiger partial charge in [-0.25, -0.2) is 0 Å². The van der Waals surface area contributed by atoms with Gasteiger partial charge in [0.2, 0.25) is 5.76 Å². The third kappa shape index (κ3) is 3.02. The van der Waals surface area contributed by atoms with Crippen molar-refractivity contribution in [1.82, 2.24) is 9.97 Å². The maximum Gasteiger partial charge on any atom is 0.449 e. The second kappa shape index (κ2) is 6.02. The summed E-state index contributed by atoms with van der Waals surface area (Å²) < 4.78 is 43.1. The summed E-state index contributed by atoms with van der Waals surface area (Å²) >= 11 is 6.16. The van der Waals surface area contributed by atoms with Gasteiger partial charge in [0.25, 0.3) is 5.91 Å². The van der Waals surface area contributed by atoms with E-state index in [0.29, 0.717) is 22.3 Å². The van der Waals surface area contributed by atoms with Crippen LogP contribution in [0.1, 0.15) is 21.9 Å². The molecular formula is C18H11ClF3N3O2. The Labute approximate surface area is 155 Å². The molecule has 0 aliphatic heterocycles. The van der Waals surface area contributed by atoms with E-state index in [2.05, 4.69) is 19.7 Å². The highest BCUT2D eigenvalue weighted by Crippen LogP contribution is 2.35. The van der Waals surface area contributed by atoms with Gasteiger partial charge >= 0.3 is 6.18 Å². The monoisotopic (exact) mass is 393 g/mol. The molecule has 4 aromatic rings. The van der Waals surface area contributed by atoms with Crippen LogP contribution >= 0.6 is 11.6 Å². The number of halogens is 4. The molecule has 4 rings (SSSR count). The normalized spacial score (nSPS) is 12.0. The molecule has 0 bridgehead atoms. The van der Waals surface area contributed by atoms with Gasteiger partial charge in [-0.2, -0.15) is 13.2 Å².